The predicted octanol–water partition coefficient (Wildman–Crippen LogP) is 3.52. The Bertz CT molecular complexity index is 104. The molecule has 0 radical (unpaired) electrons. The van der Waals surface area contributed by atoms with Gasteiger partial charge in [0, 0.05) is 11.9 Å². The number of rotatable bonds is 8. The van der Waals surface area contributed by atoms with Crippen molar-refractivity contribution >= 4 is 11.6 Å². The lowest BCUT2D eigenvalue weighted by Gasteiger charge is -2.25. The minimum atomic E-state index is 0.667. The summed E-state index contributed by atoms with van der Waals surface area (Å²) in [5.74, 6) is 0.789. The van der Waals surface area contributed by atoms with Crippen LogP contribution in [0.15, 0.2) is 0 Å². The van der Waals surface area contributed by atoms with Gasteiger partial charge in [-0.25, -0.2) is 0 Å². The highest BCUT2D eigenvalue weighted by molar-refractivity contribution is 6.17. The van der Waals surface area contributed by atoms with Gasteiger partial charge in [0.2, 0.25) is 0 Å². The second kappa shape index (κ2) is 8.83. The van der Waals surface area contributed by atoms with Crippen LogP contribution in [0.3, 0.4) is 0 Å². The van der Waals surface area contributed by atoms with Crippen molar-refractivity contribution < 1.29 is 0 Å². The maximum absolute atomic E-state index is 5.68. The van der Waals surface area contributed by atoms with E-state index in [9.17, 15) is 0 Å². The molecular weight excluding hydrogens is 182 g/mol. The maximum atomic E-state index is 5.68. The normalized spacial score (nSPS) is 11.5. The maximum Gasteiger partial charge on any atom is 0.0235 e. The lowest BCUT2D eigenvalue weighted by atomic mass is 10.2. The topological polar surface area (TPSA) is 3.24 Å². The van der Waals surface area contributed by atoms with Crippen molar-refractivity contribution in [1.29, 1.82) is 0 Å². The summed E-state index contributed by atoms with van der Waals surface area (Å²) in [6.45, 7) is 9.17. The zero-order valence-corrected chi connectivity index (χ0v) is 10.1. The van der Waals surface area contributed by atoms with E-state index in [1.54, 1.807) is 0 Å². The van der Waals surface area contributed by atoms with Crippen molar-refractivity contribution in [3.63, 3.8) is 0 Å². The third kappa shape index (κ3) is 7.33. The second-order valence-electron chi connectivity index (χ2n) is 3.88. The van der Waals surface area contributed by atoms with Crippen LogP contribution in [-0.2, 0) is 0 Å². The van der Waals surface area contributed by atoms with Gasteiger partial charge in [-0.2, -0.15) is 0 Å². The highest BCUT2D eigenvalue weighted by atomic mass is 35.5. The molecule has 0 atom stereocenters. The van der Waals surface area contributed by atoms with Crippen molar-refractivity contribution in [3.05, 3.63) is 0 Å². The standard InChI is InChI=1S/C11H24ClN/c1-4-5-6-9-13(11(2)3)10-7-8-12/h11H,4-10H2,1-3H3. The van der Waals surface area contributed by atoms with Gasteiger partial charge in [-0.15, -0.1) is 11.6 Å². The van der Waals surface area contributed by atoms with E-state index < -0.39 is 0 Å². The zero-order chi connectivity index (χ0) is 10.1. The minimum Gasteiger partial charge on any atom is -0.301 e. The van der Waals surface area contributed by atoms with Crippen molar-refractivity contribution in [3.8, 4) is 0 Å². The molecule has 0 saturated carbocycles. The highest BCUT2D eigenvalue weighted by Gasteiger charge is 2.07. The average Bonchev–Trinajstić information content (AvgIpc) is 2.10. The summed E-state index contributed by atoms with van der Waals surface area (Å²) < 4.78 is 0. The molecule has 0 amide bonds. The molecule has 0 aromatic carbocycles. The van der Waals surface area contributed by atoms with E-state index in [-0.39, 0.29) is 0 Å². The van der Waals surface area contributed by atoms with Gasteiger partial charge in [0.25, 0.3) is 0 Å². The summed E-state index contributed by atoms with van der Waals surface area (Å²) >= 11 is 5.68. The predicted molar refractivity (Wildman–Crippen MR) is 61.6 cm³/mol. The van der Waals surface area contributed by atoms with Gasteiger partial charge in [-0.1, -0.05) is 19.8 Å². The molecule has 0 N–H and O–H groups in total. The fourth-order valence-corrected chi connectivity index (χ4v) is 1.58. The Morgan fingerprint density at radius 3 is 2.15 bits per heavy atom. The van der Waals surface area contributed by atoms with Crippen LogP contribution < -0.4 is 0 Å². The van der Waals surface area contributed by atoms with E-state index >= 15 is 0 Å². The third-order valence-electron chi connectivity index (χ3n) is 2.36. The molecular formula is C11H24ClN. The summed E-state index contributed by atoms with van der Waals surface area (Å²) in [6, 6.07) is 0.667. The van der Waals surface area contributed by atoms with E-state index in [0.29, 0.717) is 6.04 Å². The Morgan fingerprint density at radius 2 is 1.69 bits per heavy atom. The van der Waals surface area contributed by atoms with Gasteiger partial charge in [-0.3, -0.25) is 0 Å². The van der Waals surface area contributed by atoms with E-state index in [4.69, 9.17) is 11.6 Å². The number of hydrogen-bond donors (Lipinski definition) is 0. The number of alkyl halides is 1. The summed E-state index contributed by atoms with van der Waals surface area (Å²) in [5, 5.41) is 0. The first-order chi connectivity index (χ1) is 6.22. The fourth-order valence-electron chi connectivity index (χ4n) is 1.46. The van der Waals surface area contributed by atoms with Crippen LogP contribution in [0, 0.1) is 0 Å². The molecule has 80 valence electrons. The van der Waals surface area contributed by atoms with Crippen molar-refractivity contribution in [2.24, 2.45) is 0 Å². The molecule has 0 aliphatic rings. The Hall–Kier alpha value is 0.250. The summed E-state index contributed by atoms with van der Waals surface area (Å²) in [4.78, 5) is 2.53. The zero-order valence-electron chi connectivity index (χ0n) is 9.35. The SMILES string of the molecule is CCCCCN(CCCCl)C(C)C. The smallest absolute Gasteiger partial charge is 0.0235 e. The van der Waals surface area contributed by atoms with Crippen LogP contribution in [0.5, 0.6) is 0 Å². The number of hydrogen-bond acceptors (Lipinski definition) is 1. The Labute approximate surface area is 88.5 Å². The molecule has 0 aliphatic carbocycles. The molecule has 0 rings (SSSR count). The number of unbranched alkanes of at least 4 members (excludes halogenated alkanes) is 2. The van der Waals surface area contributed by atoms with E-state index in [1.807, 2.05) is 0 Å². The van der Waals surface area contributed by atoms with Gasteiger partial charge in [0.15, 0.2) is 0 Å². The van der Waals surface area contributed by atoms with Crippen LogP contribution >= 0.6 is 11.6 Å². The molecule has 1 nitrogen and oxygen atoms in total. The van der Waals surface area contributed by atoms with Crippen LogP contribution in [0.25, 0.3) is 0 Å². The summed E-state index contributed by atoms with van der Waals surface area (Å²) in [7, 11) is 0. The van der Waals surface area contributed by atoms with Gasteiger partial charge < -0.3 is 4.90 Å². The molecule has 0 aromatic rings. The summed E-state index contributed by atoms with van der Waals surface area (Å²) in [6.07, 6.45) is 5.11. The lowest BCUT2D eigenvalue weighted by molar-refractivity contribution is 0.218. The van der Waals surface area contributed by atoms with Crippen molar-refractivity contribution in [2.75, 3.05) is 19.0 Å². The first-order valence-corrected chi connectivity index (χ1v) is 6.05. The van der Waals surface area contributed by atoms with Crippen LogP contribution in [-0.4, -0.2) is 29.9 Å². The lowest BCUT2D eigenvalue weighted by Crippen LogP contribution is -2.32. The minimum absolute atomic E-state index is 0.667. The molecule has 0 unspecified atom stereocenters. The highest BCUT2D eigenvalue weighted by Crippen LogP contribution is 2.04. The first kappa shape index (κ1) is 13.2. The van der Waals surface area contributed by atoms with Crippen LogP contribution in [0.4, 0.5) is 0 Å². The molecule has 0 aliphatic heterocycles. The fraction of sp³-hybridized carbons (Fsp3) is 1.00. The van der Waals surface area contributed by atoms with E-state index in [0.717, 1.165) is 18.8 Å². The van der Waals surface area contributed by atoms with Crippen LogP contribution in [0.2, 0.25) is 0 Å². The van der Waals surface area contributed by atoms with Gasteiger partial charge >= 0.3 is 0 Å². The molecule has 0 heterocycles. The number of halogens is 1. The average molecular weight is 206 g/mol. The quantitative estimate of drug-likeness (QED) is 0.433. The Kier molecular flexibility index (Phi) is 9.00. The Morgan fingerprint density at radius 1 is 1.08 bits per heavy atom. The van der Waals surface area contributed by atoms with Crippen molar-refractivity contribution in [2.45, 2.75) is 52.5 Å². The van der Waals surface area contributed by atoms with Gasteiger partial charge in [0.05, 0.1) is 0 Å². The molecule has 0 saturated heterocycles. The van der Waals surface area contributed by atoms with E-state index in [1.165, 1.54) is 25.8 Å². The van der Waals surface area contributed by atoms with Gasteiger partial charge in [-0.05, 0) is 39.8 Å². The summed E-state index contributed by atoms with van der Waals surface area (Å²) in [5.41, 5.74) is 0. The molecule has 0 spiro atoms. The van der Waals surface area contributed by atoms with Crippen LogP contribution in [0.1, 0.15) is 46.5 Å². The van der Waals surface area contributed by atoms with Gasteiger partial charge in [0.1, 0.15) is 0 Å². The second-order valence-corrected chi connectivity index (χ2v) is 4.26. The monoisotopic (exact) mass is 205 g/mol. The Balaban J connectivity index is 3.54. The molecule has 0 bridgehead atoms. The third-order valence-corrected chi connectivity index (χ3v) is 2.63. The van der Waals surface area contributed by atoms with Crippen molar-refractivity contribution in [1.82, 2.24) is 4.90 Å². The molecule has 0 fully saturated rings. The molecule has 2 heteroatoms. The number of nitrogens with zero attached hydrogens (tertiary/aromatic N) is 1. The molecule has 13 heavy (non-hydrogen) atoms. The first-order valence-electron chi connectivity index (χ1n) is 5.52. The molecule has 0 aromatic heterocycles. The van der Waals surface area contributed by atoms with E-state index in [2.05, 4.69) is 25.7 Å². The largest absolute Gasteiger partial charge is 0.301 e.